The molecule has 0 unspecified atom stereocenters. The summed E-state index contributed by atoms with van der Waals surface area (Å²) in [5.41, 5.74) is 0.902. The molecule has 0 radical (unpaired) electrons. The van der Waals surface area contributed by atoms with Crippen LogP contribution in [-0.2, 0) is 14.4 Å². The summed E-state index contributed by atoms with van der Waals surface area (Å²) >= 11 is 0. The van der Waals surface area contributed by atoms with E-state index in [0.717, 1.165) is 5.56 Å². The minimum atomic E-state index is -0.357. The third-order valence-corrected chi connectivity index (χ3v) is 4.72. The molecule has 0 bridgehead atoms. The number of rotatable bonds is 6. The van der Waals surface area contributed by atoms with Crippen LogP contribution in [0.1, 0.15) is 38.3 Å². The fraction of sp³-hybridized carbons (Fsp3) is 0.556. The molecule has 0 aliphatic carbocycles. The number of aromatic nitrogens is 1. The number of piperidine rings is 1. The van der Waals surface area contributed by atoms with Crippen LogP contribution in [0.5, 0.6) is 0 Å². The van der Waals surface area contributed by atoms with Crippen molar-refractivity contribution in [1.29, 1.82) is 0 Å². The molecule has 7 nitrogen and oxygen atoms in total. The van der Waals surface area contributed by atoms with Crippen molar-refractivity contribution in [2.45, 2.75) is 32.7 Å². The van der Waals surface area contributed by atoms with E-state index in [2.05, 4.69) is 10.3 Å². The van der Waals surface area contributed by atoms with Crippen LogP contribution in [0.25, 0.3) is 0 Å². The van der Waals surface area contributed by atoms with Crippen molar-refractivity contribution in [3.63, 3.8) is 0 Å². The van der Waals surface area contributed by atoms with Crippen molar-refractivity contribution in [3.05, 3.63) is 30.1 Å². The van der Waals surface area contributed by atoms with Gasteiger partial charge >= 0.3 is 0 Å². The maximum Gasteiger partial charge on any atom is 0.239 e. The molecule has 7 heteroatoms. The Morgan fingerprint density at radius 2 is 2.00 bits per heavy atom. The van der Waals surface area contributed by atoms with Gasteiger partial charge in [0.25, 0.3) is 0 Å². The summed E-state index contributed by atoms with van der Waals surface area (Å²) in [6.07, 6.45) is 4.19. The largest absolute Gasteiger partial charge is 0.358 e. The Morgan fingerprint density at radius 3 is 2.56 bits per heavy atom. The Hall–Kier alpha value is -2.44. The van der Waals surface area contributed by atoms with Gasteiger partial charge in [0.1, 0.15) is 0 Å². The van der Waals surface area contributed by atoms with E-state index < -0.39 is 0 Å². The molecule has 1 fully saturated rings. The van der Waals surface area contributed by atoms with Gasteiger partial charge in [0.15, 0.2) is 0 Å². The summed E-state index contributed by atoms with van der Waals surface area (Å²) < 4.78 is 0. The van der Waals surface area contributed by atoms with E-state index in [1.165, 1.54) is 0 Å². The molecule has 2 heterocycles. The fourth-order valence-corrected chi connectivity index (χ4v) is 3.39. The number of hydrogen-bond donors (Lipinski definition) is 1. The second kappa shape index (κ2) is 8.60. The summed E-state index contributed by atoms with van der Waals surface area (Å²) in [6, 6.07) is 3.38. The number of carbonyl (C=O) groups is 3. The molecule has 0 saturated carbocycles. The maximum absolute atomic E-state index is 13.1. The smallest absolute Gasteiger partial charge is 0.239 e. The van der Waals surface area contributed by atoms with Gasteiger partial charge < -0.3 is 15.1 Å². The first kappa shape index (κ1) is 18.9. The van der Waals surface area contributed by atoms with Crippen molar-refractivity contribution in [2.75, 3.05) is 26.7 Å². The highest BCUT2D eigenvalue weighted by Crippen LogP contribution is 2.37. The average molecular weight is 346 g/mol. The molecule has 0 aromatic carbocycles. The predicted molar refractivity (Wildman–Crippen MR) is 93.4 cm³/mol. The van der Waals surface area contributed by atoms with Crippen molar-refractivity contribution in [2.24, 2.45) is 5.92 Å². The molecular formula is C18H26N4O3. The molecule has 1 aliphatic heterocycles. The van der Waals surface area contributed by atoms with E-state index in [1.54, 1.807) is 29.2 Å². The van der Waals surface area contributed by atoms with E-state index in [9.17, 15) is 14.4 Å². The lowest BCUT2D eigenvalue weighted by Crippen LogP contribution is -2.50. The molecule has 2 rings (SSSR count). The number of likely N-dealkylation sites (N-methyl/N-ethyl adjacent to an activating group) is 2. The van der Waals surface area contributed by atoms with E-state index in [-0.39, 0.29) is 36.2 Å². The topological polar surface area (TPSA) is 82.6 Å². The summed E-state index contributed by atoms with van der Waals surface area (Å²) in [4.78, 5) is 44.5. The number of carbonyl (C=O) groups excluding carboxylic acids is 3. The molecule has 25 heavy (non-hydrogen) atoms. The number of likely N-dealkylation sites (tertiary alicyclic amines) is 1. The zero-order chi connectivity index (χ0) is 18.4. The lowest BCUT2D eigenvalue weighted by molar-refractivity contribution is -0.149. The van der Waals surface area contributed by atoms with Crippen LogP contribution in [0, 0.1) is 5.92 Å². The first-order valence-corrected chi connectivity index (χ1v) is 8.72. The SMILES string of the molecule is CCN(CC(=O)NC)C(=O)[C@H]1CCC(=O)N(CC)[C@@H]1c1ccncc1. The van der Waals surface area contributed by atoms with Crippen molar-refractivity contribution in [3.8, 4) is 0 Å². The van der Waals surface area contributed by atoms with E-state index in [4.69, 9.17) is 0 Å². The van der Waals surface area contributed by atoms with Gasteiger partial charge in [-0.15, -0.1) is 0 Å². The number of amides is 3. The van der Waals surface area contributed by atoms with Crippen LogP contribution in [-0.4, -0.2) is 59.2 Å². The fourth-order valence-electron chi connectivity index (χ4n) is 3.39. The van der Waals surface area contributed by atoms with E-state index in [1.807, 2.05) is 26.0 Å². The van der Waals surface area contributed by atoms with Crippen molar-refractivity contribution < 1.29 is 14.4 Å². The van der Waals surface area contributed by atoms with Gasteiger partial charge in [-0.25, -0.2) is 0 Å². The van der Waals surface area contributed by atoms with Crippen LogP contribution in [0.2, 0.25) is 0 Å². The molecule has 136 valence electrons. The minimum absolute atomic E-state index is 0.0332. The molecular weight excluding hydrogens is 320 g/mol. The van der Waals surface area contributed by atoms with Crippen molar-refractivity contribution >= 4 is 17.7 Å². The summed E-state index contributed by atoms with van der Waals surface area (Å²) in [7, 11) is 1.55. The summed E-state index contributed by atoms with van der Waals surface area (Å²) in [5, 5.41) is 2.55. The van der Waals surface area contributed by atoms with Crippen LogP contribution in [0.15, 0.2) is 24.5 Å². The summed E-state index contributed by atoms with van der Waals surface area (Å²) in [5.74, 6) is -0.582. The number of pyridine rings is 1. The molecule has 3 amide bonds. The Bertz CT molecular complexity index is 620. The lowest BCUT2D eigenvalue weighted by Gasteiger charge is -2.41. The van der Waals surface area contributed by atoms with Crippen LogP contribution in [0.3, 0.4) is 0 Å². The van der Waals surface area contributed by atoms with Gasteiger partial charge in [0, 0.05) is 39.0 Å². The van der Waals surface area contributed by atoms with Gasteiger partial charge in [-0.05, 0) is 38.0 Å². The van der Waals surface area contributed by atoms with Crippen molar-refractivity contribution in [1.82, 2.24) is 20.1 Å². The highest BCUT2D eigenvalue weighted by Gasteiger charge is 2.41. The third kappa shape index (κ3) is 4.15. The van der Waals surface area contributed by atoms with E-state index in [0.29, 0.717) is 25.9 Å². The van der Waals surface area contributed by atoms with Crippen LogP contribution in [0.4, 0.5) is 0 Å². The maximum atomic E-state index is 13.1. The molecule has 1 N–H and O–H groups in total. The predicted octanol–water partition coefficient (Wildman–Crippen LogP) is 0.976. The highest BCUT2D eigenvalue weighted by atomic mass is 16.2. The standard InChI is InChI=1S/C18H26N4O3/c1-4-21(12-15(23)19-3)18(25)14-6-7-16(24)22(5-2)17(14)13-8-10-20-11-9-13/h8-11,14,17H,4-7,12H2,1-3H3,(H,19,23)/t14-,17+/m0/s1. The third-order valence-electron chi connectivity index (χ3n) is 4.72. The Kier molecular flexibility index (Phi) is 6.50. The normalized spacial score (nSPS) is 20.3. The van der Waals surface area contributed by atoms with Gasteiger partial charge in [0.05, 0.1) is 18.5 Å². The zero-order valence-electron chi connectivity index (χ0n) is 15.1. The molecule has 1 aromatic rings. The first-order valence-electron chi connectivity index (χ1n) is 8.72. The van der Waals surface area contributed by atoms with Crippen LogP contribution < -0.4 is 5.32 Å². The van der Waals surface area contributed by atoms with Gasteiger partial charge in [-0.2, -0.15) is 0 Å². The Balaban J connectivity index is 2.33. The molecule has 2 atom stereocenters. The van der Waals surface area contributed by atoms with Gasteiger partial charge in [0.2, 0.25) is 17.7 Å². The second-order valence-corrected chi connectivity index (χ2v) is 6.08. The van der Waals surface area contributed by atoms with Gasteiger partial charge in [-0.1, -0.05) is 0 Å². The lowest BCUT2D eigenvalue weighted by atomic mass is 9.83. The number of nitrogens with zero attached hydrogens (tertiary/aromatic N) is 3. The second-order valence-electron chi connectivity index (χ2n) is 6.08. The molecule has 1 aliphatic rings. The van der Waals surface area contributed by atoms with Crippen LogP contribution >= 0.6 is 0 Å². The molecule has 0 spiro atoms. The average Bonchev–Trinajstić information content (AvgIpc) is 2.65. The van der Waals surface area contributed by atoms with Gasteiger partial charge in [-0.3, -0.25) is 19.4 Å². The minimum Gasteiger partial charge on any atom is -0.358 e. The number of nitrogens with one attached hydrogen (secondary N) is 1. The zero-order valence-corrected chi connectivity index (χ0v) is 15.1. The molecule has 1 aromatic heterocycles. The Labute approximate surface area is 148 Å². The highest BCUT2D eigenvalue weighted by molar-refractivity contribution is 5.88. The quantitative estimate of drug-likeness (QED) is 0.832. The Morgan fingerprint density at radius 1 is 1.32 bits per heavy atom. The number of hydrogen-bond acceptors (Lipinski definition) is 4. The monoisotopic (exact) mass is 346 g/mol. The van der Waals surface area contributed by atoms with E-state index >= 15 is 0 Å². The molecule has 1 saturated heterocycles. The first-order chi connectivity index (χ1) is 12.0. The summed E-state index contributed by atoms with van der Waals surface area (Å²) in [6.45, 7) is 4.80.